The van der Waals surface area contributed by atoms with Gasteiger partial charge in [0.25, 0.3) is 0 Å². The van der Waals surface area contributed by atoms with Gasteiger partial charge in [-0.2, -0.15) is 0 Å². The van der Waals surface area contributed by atoms with Crippen LogP contribution in [-0.4, -0.2) is 21.0 Å². The lowest BCUT2D eigenvalue weighted by Gasteiger charge is -2.01. The lowest BCUT2D eigenvalue weighted by atomic mass is 10.1. The number of hydrogen-bond acceptors (Lipinski definition) is 3. The van der Waals surface area contributed by atoms with Gasteiger partial charge in [-0.15, -0.1) is 11.3 Å². The molecule has 0 aliphatic carbocycles. The van der Waals surface area contributed by atoms with E-state index in [9.17, 15) is 4.79 Å². The summed E-state index contributed by atoms with van der Waals surface area (Å²) >= 11 is 5.09. The number of hydrogen-bond donors (Lipinski definition) is 2. The zero-order valence-electron chi connectivity index (χ0n) is 11.1. The molecule has 0 radical (unpaired) electrons. The number of aryl methyl sites for hydroxylation is 1. The van der Waals surface area contributed by atoms with Crippen LogP contribution in [0.1, 0.15) is 16.1 Å². The van der Waals surface area contributed by atoms with Gasteiger partial charge in [-0.25, -0.2) is 9.78 Å². The molecule has 2 N–H and O–H groups in total. The number of carboxylic acid groups (broad SMARTS) is 1. The molecule has 0 saturated carbocycles. The van der Waals surface area contributed by atoms with Crippen LogP contribution in [0.5, 0.6) is 0 Å². The van der Waals surface area contributed by atoms with E-state index in [1.807, 2.05) is 24.4 Å². The molecule has 2 aromatic heterocycles. The van der Waals surface area contributed by atoms with E-state index in [4.69, 9.17) is 5.11 Å². The van der Waals surface area contributed by atoms with Crippen LogP contribution in [-0.2, 0) is 0 Å². The molecule has 4 nitrogen and oxygen atoms in total. The Labute approximate surface area is 133 Å². The van der Waals surface area contributed by atoms with E-state index in [1.165, 1.54) is 16.9 Å². The van der Waals surface area contributed by atoms with Crippen LogP contribution in [0.25, 0.3) is 21.8 Å². The Hall–Kier alpha value is -1.92. The molecule has 0 saturated heterocycles. The number of carbonyl (C=O) groups is 1. The molecule has 0 amide bonds. The number of nitrogens with one attached hydrogen (secondary N) is 1. The normalized spacial score (nSPS) is 10.8. The monoisotopic (exact) mass is 362 g/mol. The maximum absolute atomic E-state index is 10.9. The lowest BCUT2D eigenvalue weighted by molar-refractivity contribution is 0.0691. The minimum Gasteiger partial charge on any atom is -0.477 e. The second-order valence-corrected chi connectivity index (χ2v) is 6.34. The van der Waals surface area contributed by atoms with E-state index >= 15 is 0 Å². The largest absolute Gasteiger partial charge is 0.477 e. The smallest absolute Gasteiger partial charge is 0.352 e. The molecule has 0 unspecified atom stereocenters. The van der Waals surface area contributed by atoms with E-state index in [0.717, 1.165) is 26.3 Å². The van der Waals surface area contributed by atoms with Gasteiger partial charge in [0.1, 0.15) is 10.7 Å². The van der Waals surface area contributed by atoms with E-state index in [-0.39, 0.29) is 5.69 Å². The highest BCUT2D eigenvalue weighted by molar-refractivity contribution is 9.10. The van der Waals surface area contributed by atoms with Gasteiger partial charge in [0, 0.05) is 27.2 Å². The molecule has 3 aromatic rings. The number of aromatic nitrogens is 2. The van der Waals surface area contributed by atoms with Crippen LogP contribution < -0.4 is 0 Å². The third-order valence-electron chi connectivity index (χ3n) is 3.07. The maximum atomic E-state index is 10.9. The highest BCUT2D eigenvalue weighted by atomic mass is 79.9. The third-order valence-corrected chi connectivity index (χ3v) is 4.60. The van der Waals surface area contributed by atoms with Crippen molar-refractivity contribution in [2.45, 2.75) is 6.92 Å². The Morgan fingerprint density at radius 3 is 2.86 bits per heavy atom. The quantitative estimate of drug-likeness (QED) is 0.716. The number of halogens is 1. The van der Waals surface area contributed by atoms with E-state index in [1.54, 1.807) is 12.3 Å². The minimum absolute atomic E-state index is 0.163. The van der Waals surface area contributed by atoms with E-state index in [0.29, 0.717) is 0 Å². The second-order valence-electron chi connectivity index (χ2n) is 4.63. The summed E-state index contributed by atoms with van der Waals surface area (Å²) < 4.78 is 1.00. The zero-order valence-corrected chi connectivity index (χ0v) is 13.5. The maximum Gasteiger partial charge on any atom is 0.352 e. The Morgan fingerprint density at radius 2 is 2.19 bits per heavy atom. The summed E-state index contributed by atoms with van der Waals surface area (Å²) in [4.78, 5) is 18.2. The van der Waals surface area contributed by atoms with Gasteiger partial charge in [-0.3, -0.25) is 0 Å². The Bertz CT molecular complexity index is 823. The molecule has 0 aliphatic rings. The predicted molar refractivity (Wildman–Crippen MR) is 86.7 cm³/mol. The van der Waals surface area contributed by atoms with Crippen molar-refractivity contribution < 1.29 is 9.90 Å². The van der Waals surface area contributed by atoms with Crippen molar-refractivity contribution in [3.05, 3.63) is 51.6 Å². The van der Waals surface area contributed by atoms with Crippen LogP contribution >= 0.6 is 27.3 Å². The Kier molecular flexibility index (Phi) is 3.65. The molecular formula is C15H11BrN2O2S. The van der Waals surface area contributed by atoms with Crippen molar-refractivity contribution in [1.82, 2.24) is 9.97 Å². The zero-order chi connectivity index (χ0) is 15.0. The molecule has 2 heterocycles. The summed E-state index contributed by atoms with van der Waals surface area (Å²) in [7, 11) is 0. The summed E-state index contributed by atoms with van der Waals surface area (Å²) in [5.41, 5.74) is 3.92. The molecule has 0 fully saturated rings. The van der Waals surface area contributed by atoms with Crippen LogP contribution in [0.4, 0.5) is 0 Å². The van der Waals surface area contributed by atoms with Crippen LogP contribution in [0.2, 0.25) is 0 Å². The van der Waals surface area contributed by atoms with E-state index < -0.39 is 5.97 Å². The average Bonchev–Trinajstić information content (AvgIpc) is 3.07. The van der Waals surface area contributed by atoms with Crippen molar-refractivity contribution in [2.24, 2.45) is 0 Å². The third kappa shape index (κ3) is 2.77. The number of aromatic amines is 1. The fourth-order valence-electron chi connectivity index (χ4n) is 1.99. The summed E-state index contributed by atoms with van der Waals surface area (Å²) in [5, 5.41) is 11.8. The Balaban J connectivity index is 1.97. The number of rotatable bonds is 3. The molecule has 6 heteroatoms. The van der Waals surface area contributed by atoms with Gasteiger partial charge < -0.3 is 10.1 Å². The van der Waals surface area contributed by atoms with Crippen LogP contribution in [0.3, 0.4) is 0 Å². The molecule has 1 aromatic carbocycles. The molecule has 21 heavy (non-hydrogen) atoms. The van der Waals surface area contributed by atoms with Gasteiger partial charge in [0.05, 0.1) is 5.69 Å². The summed E-state index contributed by atoms with van der Waals surface area (Å²) in [6.45, 7) is 2.04. The SMILES string of the molecule is Cc1ccc(-c2nc(-c3c[nH]c(C(=O)O)c3)cs2)c(Br)c1. The van der Waals surface area contributed by atoms with Gasteiger partial charge in [0.2, 0.25) is 0 Å². The first-order valence-corrected chi connectivity index (χ1v) is 7.86. The van der Waals surface area contributed by atoms with E-state index in [2.05, 4.69) is 32.0 Å². The molecular weight excluding hydrogens is 352 g/mol. The number of aromatic carboxylic acids is 1. The average molecular weight is 363 g/mol. The first kappa shape index (κ1) is 14.0. The topological polar surface area (TPSA) is 66.0 Å². The number of thiazole rings is 1. The van der Waals surface area contributed by atoms with Gasteiger partial charge in [0.15, 0.2) is 0 Å². The molecule has 0 atom stereocenters. The molecule has 0 aliphatic heterocycles. The first-order valence-electron chi connectivity index (χ1n) is 6.19. The summed E-state index contributed by atoms with van der Waals surface area (Å²) in [6, 6.07) is 7.71. The molecule has 3 rings (SSSR count). The number of carboxylic acids is 1. The molecule has 0 bridgehead atoms. The van der Waals surface area contributed by atoms with Crippen LogP contribution in [0.15, 0.2) is 40.3 Å². The first-order chi connectivity index (χ1) is 10.0. The number of benzene rings is 1. The fourth-order valence-corrected chi connectivity index (χ4v) is 3.67. The number of H-pyrrole nitrogens is 1. The predicted octanol–water partition coefficient (Wildman–Crippen LogP) is 4.57. The van der Waals surface area contributed by atoms with Crippen LogP contribution in [0, 0.1) is 6.92 Å². The highest BCUT2D eigenvalue weighted by Gasteiger charge is 2.12. The Morgan fingerprint density at radius 1 is 1.38 bits per heavy atom. The molecule has 106 valence electrons. The van der Waals surface area contributed by atoms with Crippen molar-refractivity contribution in [3.8, 4) is 21.8 Å². The van der Waals surface area contributed by atoms with Crippen molar-refractivity contribution in [3.63, 3.8) is 0 Å². The van der Waals surface area contributed by atoms with Gasteiger partial charge in [-0.05, 0) is 24.6 Å². The summed E-state index contributed by atoms with van der Waals surface area (Å²) in [5.74, 6) is -0.974. The lowest BCUT2D eigenvalue weighted by Crippen LogP contribution is -1.94. The standard InChI is InChI=1S/C15H11BrN2O2S/c1-8-2-3-10(11(16)4-8)14-18-13(7-21-14)9-5-12(15(19)20)17-6-9/h2-7,17H,1H3,(H,19,20). The fraction of sp³-hybridized carbons (Fsp3) is 0.0667. The minimum atomic E-state index is -0.974. The van der Waals surface area contributed by atoms with Crippen molar-refractivity contribution >= 4 is 33.2 Å². The summed E-state index contributed by atoms with van der Waals surface area (Å²) in [6.07, 6.45) is 1.66. The number of nitrogens with zero attached hydrogens (tertiary/aromatic N) is 1. The van der Waals surface area contributed by atoms with Gasteiger partial charge >= 0.3 is 5.97 Å². The van der Waals surface area contributed by atoms with Gasteiger partial charge in [-0.1, -0.05) is 28.1 Å². The second kappa shape index (κ2) is 5.46. The molecule has 0 spiro atoms. The highest BCUT2D eigenvalue weighted by Crippen LogP contribution is 2.34. The van der Waals surface area contributed by atoms with Crippen molar-refractivity contribution in [2.75, 3.05) is 0 Å². The van der Waals surface area contributed by atoms with Crippen molar-refractivity contribution in [1.29, 1.82) is 0 Å².